The lowest BCUT2D eigenvalue weighted by atomic mass is 10.1. The fourth-order valence-corrected chi connectivity index (χ4v) is 2.66. The van der Waals surface area contributed by atoms with Crippen LogP contribution in [0.1, 0.15) is 21.6 Å². The number of fused-ring (bicyclic) bond motifs is 1. The van der Waals surface area contributed by atoms with Crippen LogP contribution in [0.3, 0.4) is 0 Å². The van der Waals surface area contributed by atoms with Crippen LogP contribution in [-0.4, -0.2) is 59.5 Å². The molecular formula is C17H22N2O5. The zero-order chi connectivity index (χ0) is 17.7. The van der Waals surface area contributed by atoms with Gasteiger partial charge in [0.2, 0.25) is 0 Å². The molecule has 1 heterocycles. The smallest absolute Gasteiger partial charge is 0.337 e. The number of nitrogens with one attached hydrogen (secondary N) is 1. The van der Waals surface area contributed by atoms with Gasteiger partial charge in [-0.3, -0.25) is 9.69 Å². The second kappa shape index (κ2) is 8.05. The molecule has 0 spiro atoms. The van der Waals surface area contributed by atoms with Gasteiger partial charge in [0.1, 0.15) is 0 Å². The highest BCUT2D eigenvalue weighted by Crippen LogP contribution is 2.15. The Balaban J connectivity index is 2.49. The first kappa shape index (κ1) is 18.1. The average molecular weight is 334 g/mol. The summed E-state index contributed by atoms with van der Waals surface area (Å²) in [4.78, 5) is 29.5. The van der Waals surface area contributed by atoms with Crippen molar-refractivity contribution >= 4 is 16.9 Å². The molecule has 0 aliphatic heterocycles. The van der Waals surface area contributed by atoms with Gasteiger partial charge < -0.3 is 19.9 Å². The van der Waals surface area contributed by atoms with E-state index in [1.807, 2.05) is 0 Å². The Morgan fingerprint density at radius 2 is 1.92 bits per heavy atom. The van der Waals surface area contributed by atoms with Gasteiger partial charge in [-0.1, -0.05) is 0 Å². The molecule has 7 nitrogen and oxygen atoms in total. The van der Waals surface area contributed by atoms with E-state index in [1.165, 1.54) is 13.2 Å². The molecule has 7 heteroatoms. The summed E-state index contributed by atoms with van der Waals surface area (Å²) in [7, 11) is 1.29. The number of carbonyl (C=O) groups is 1. The van der Waals surface area contributed by atoms with Crippen molar-refractivity contribution in [3.63, 3.8) is 0 Å². The van der Waals surface area contributed by atoms with Crippen molar-refractivity contribution in [1.29, 1.82) is 0 Å². The summed E-state index contributed by atoms with van der Waals surface area (Å²) in [5.74, 6) is -0.499. The van der Waals surface area contributed by atoms with E-state index in [0.29, 0.717) is 41.7 Å². The molecule has 0 unspecified atom stereocenters. The monoisotopic (exact) mass is 334 g/mol. The van der Waals surface area contributed by atoms with Gasteiger partial charge in [-0.2, -0.15) is 0 Å². The minimum atomic E-state index is -0.499. The van der Waals surface area contributed by atoms with E-state index in [0.717, 1.165) is 5.69 Å². The van der Waals surface area contributed by atoms with Crippen LogP contribution in [0.25, 0.3) is 10.9 Å². The van der Waals surface area contributed by atoms with Crippen molar-refractivity contribution in [1.82, 2.24) is 9.88 Å². The quantitative estimate of drug-likeness (QED) is 0.634. The van der Waals surface area contributed by atoms with Gasteiger partial charge in [-0.05, 0) is 25.1 Å². The minimum absolute atomic E-state index is 0.0585. The molecule has 0 atom stereocenters. The summed E-state index contributed by atoms with van der Waals surface area (Å²) in [6.07, 6.45) is 0. The van der Waals surface area contributed by atoms with Crippen molar-refractivity contribution in [2.24, 2.45) is 0 Å². The van der Waals surface area contributed by atoms with Crippen LogP contribution in [0.15, 0.2) is 23.0 Å². The molecule has 2 rings (SSSR count). The van der Waals surface area contributed by atoms with Crippen LogP contribution < -0.4 is 5.43 Å². The fourth-order valence-electron chi connectivity index (χ4n) is 2.66. The molecule has 24 heavy (non-hydrogen) atoms. The number of aromatic amines is 1. The third-order valence-corrected chi connectivity index (χ3v) is 3.95. The van der Waals surface area contributed by atoms with Crippen LogP contribution in [0.4, 0.5) is 0 Å². The number of hydrogen-bond acceptors (Lipinski definition) is 6. The molecule has 3 N–H and O–H groups in total. The molecule has 0 saturated carbocycles. The summed E-state index contributed by atoms with van der Waals surface area (Å²) >= 11 is 0. The lowest BCUT2D eigenvalue weighted by molar-refractivity contribution is 0.0601. The van der Waals surface area contributed by atoms with E-state index in [-0.39, 0.29) is 18.6 Å². The topological polar surface area (TPSA) is 103 Å². The minimum Gasteiger partial charge on any atom is -0.465 e. The van der Waals surface area contributed by atoms with Gasteiger partial charge in [0.05, 0.1) is 25.9 Å². The number of rotatable bonds is 7. The largest absolute Gasteiger partial charge is 0.465 e. The standard InChI is InChI=1S/C17H22N2O5/c1-11-14(10-19(5-7-20)6-8-21)16(22)13-9-12(17(23)24-2)3-4-15(13)18-11/h3-4,9,20-21H,5-8,10H2,1-2H3,(H,18,22). The molecule has 0 fully saturated rings. The predicted octanol–water partition coefficient (Wildman–Crippen LogP) is 0.410. The molecule has 0 bridgehead atoms. The fraction of sp³-hybridized carbons (Fsp3) is 0.412. The third-order valence-electron chi connectivity index (χ3n) is 3.95. The van der Waals surface area contributed by atoms with Crippen LogP contribution in [-0.2, 0) is 11.3 Å². The van der Waals surface area contributed by atoms with Crippen molar-refractivity contribution in [3.05, 3.63) is 45.2 Å². The first-order valence-corrected chi connectivity index (χ1v) is 7.69. The average Bonchev–Trinajstić information content (AvgIpc) is 2.58. The maximum atomic E-state index is 12.8. The van der Waals surface area contributed by atoms with Gasteiger partial charge in [0, 0.05) is 41.8 Å². The van der Waals surface area contributed by atoms with E-state index >= 15 is 0 Å². The Hall–Kier alpha value is -2.22. The highest BCUT2D eigenvalue weighted by molar-refractivity contribution is 5.94. The van der Waals surface area contributed by atoms with Gasteiger partial charge in [0.15, 0.2) is 5.43 Å². The van der Waals surface area contributed by atoms with Crippen LogP contribution in [0.5, 0.6) is 0 Å². The molecule has 0 aliphatic carbocycles. The summed E-state index contributed by atoms with van der Waals surface area (Å²) < 4.78 is 4.69. The van der Waals surface area contributed by atoms with Crippen molar-refractivity contribution < 1.29 is 19.7 Å². The lowest BCUT2D eigenvalue weighted by Gasteiger charge is -2.21. The molecule has 0 amide bonds. The third kappa shape index (κ3) is 3.81. The number of esters is 1. The number of carbonyl (C=O) groups excluding carboxylic acids is 1. The Kier molecular flexibility index (Phi) is 6.08. The van der Waals surface area contributed by atoms with Gasteiger partial charge in [0.25, 0.3) is 0 Å². The number of ether oxygens (including phenoxy) is 1. The zero-order valence-electron chi connectivity index (χ0n) is 13.8. The maximum Gasteiger partial charge on any atom is 0.337 e. The second-order valence-electron chi connectivity index (χ2n) is 5.53. The Morgan fingerprint density at radius 1 is 1.25 bits per heavy atom. The number of aliphatic hydroxyl groups excluding tert-OH is 2. The number of methoxy groups -OCH3 is 1. The molecule has 0 aliphatic rings. The summed E-state index contributed by atoms with van der Waals surface area (Å²) in [6.45, 7) is 2.72. The van der Waals surface area contributed by atoms with Gasteiger partial charge in [-0.15, -0.1) is 0 Å². The highest BCUT2D eigenvalue weighted by atomic mass is 16.5. The van der Waals surface area contributed by atoms with Crippen molar-refractivity contribution in [3.8, 4) is 0 Å². The van der Waals surface area contributed by atoms with E-state index in [9.17, 15) is 9.59 Å². The molecule has 0 radical (unpaired) electrons. The lowest BCUT2D eigenvalue weighted by Crippen LogP contribution is -2.32. The van der Waals surface area contributed by atoms with Gasteiger partial charge in [-0.25, -0.2) is 4.79 Å². The Bertz CT molecular complexity index is 778. The SMILES string of the molecule is COC(=O)c1ccc2[nH]c(C)c(CN(CCO)CCO)c(=O)c2c1. The van der Waals surface area contributed by atoms with E-state index in [1.54, 1.807) is 24.0 Å². The molecular weight excluding hydrogens is 312 g/mol. The van der Waals surface area contributed by atoms with Gasteiger partial charge >= 0.3 is 5.97 Å². The molecule has 1 aromatic carbocycles. The van der Waals surface area contributed by atoms with Crippen LogP contribution >= 0.6 is 0 Å². The first-order valence-electron chi connectivity index (χ1n) is 7.69. The second-order valence-corrected chi connectivity index (χ2v) is 5.53. The number of aryl methyl sites for hydroxylation is 1. The van der Waals surface area contributed by atoms with Crippen molar-refractivity contribution in [2.75, 3.05) is 33.4 Å². The molecule has 1 aromatic heterocycles. The summed E-state index contributed by atoms with van der Waals surface area (Å²) in [6, 6.07) is 4.80. The zero-order valence-corrected chi connectivity index (χ0v) is 13.8. The number of H-pyrrole nitrogens is 1. The number of nitrogens with zero attached hydrogens (tertiary/aromatic N) is 1. The van der Waals surface area contributed by atoms with E-state index in [4.69, 9.17) is 14.9 Å². The number of hydrogen-bond donors (Lipinski definition) is 3. The Labute approximate surface area is 139 Å². The number of benzene rings is 1. The molecule has 130 valence electrons. The number of aromatic nitrogens is 1. The van der Waals surface area contributed by atoms with Crippen LogP contribution in [0.2, 0.25) is 0 Å². The maximum absolute atomic E-state index is 12.8. The first-order chi connectivity index (χ1) is 11.5. The summed E-state index contributed by atoms with van der Waals surface area (Å²) in [5.41, 5.74) is 2.05. The van der Waals surface area contributed by atoms with E-state index < -0.39 is 5.97 Å². The predicted molar refractivity (Wildman–Crippen MR) is 90.1 cm³/mol. The van der Waals surface area contributed by atoms with Crippen LogP contribution in [0, 0.1) is 6.92 Å². The Morgan fingerprint density at radius 3 is 2.50 bits per heavy atom. The number of aliphatic hydroxyl groups is 2. The molecule has 0 saturated heterocycles. The van der Waals surface area contributed by atoms with E-state index in [2.05, 4.69) is 4.98 Å². The highest BCUT2D eigenvalue weighted by Gasteiger charge is 2.15. The number of pyridine rings is 1. The normalized spacial score (nSPS) is 11.2. The molecule has 2 aromatic rings. The summed E-state index contributed by atoms with van der Waals surface area (Å²) in [5, 5.41) is 18.6. The van der Waals surface area contributed by atoms with Crippen molar-refractivity contribution in [2.45, 2.75) is 13.5 Å².